The van der Waals surface area contributed by atoms with Crippen molar-refractivity contribution in [3.63, 3.8) is 0 Å². The minimum atomic E-state index is 0.149. The molecular weight excluding hydrogens is 250 g/mol. The average Bonchev–Trinajstić information content (AvgIpc) is 2.87. The molecule has 1 unspecified atom stereocenters. The third-order valence-electron chi connectivity index (χ3n) is 3.36. The molecule has 1 atom stereocenters. The van der Waals surface area contributed by atoms with Gasteiger partial charge >= 0.3 is 0 Å². The maximum Gasteiger partial charge on any atom is 0.168 e. The zero-order chi connectivity index (χ0) is 14.5. The molecule has 0 amide bonds. The van der Waals surface area contributed by atoms with Gasteiger partial charge in [0.05, 0.1) is 12.6 Å². The highest BCUT2D eigenvalue weighted by Gasteiger charge is 2.15. The van der Waals surface area contributed by atoms with E-state index in [1.54, 1.807) is 0 Å². The van der Waals surface area contributed by atoms with Crippen molar-refractivity contribution in [2.75, 3.05) is 6.54 Å². The largest absolute Gasteiger partial charge is 0.307 e. The van der Waals surface area contributed by atoms with E-state index in [0.717, 1.165) is 12.4 Å². The third-order valence-corrected chi connectivity index (χ3v) is 3.36. The normalized spacial score (nSPS) is 12.8. The topological polar surface area (TPSA) is 55.6 Å². The molecule has 1 N–H and O–H groups in total. The fraction of sp³-hybridized carbons (Fsp3) is 0.533. The minimum absolute atomic E-state index is 0.149. The fourth-order valence-corrected chi connectivity index (χ4v) is 2.09. The Morgan fingerprint density at radius 2 is 1.95 bits per heavy atom. The van der Waals surface area contributed by atoms with Gasteiger partial charge < -0.3 is 5.32 Å². The number of hydrogen-bond donors (Lipinski definition) is 1. The van der Waals surface area contributed by atoms with Crippen molar-refractivity contribution in [2.24, 2.45) is 5.92 Å². The van der Waals surface area contributed by atoms with E-state index in [1.807, 2.05) is 16.8 Å². The van der Waals surface area contributed by atoms with Crippen molar-refractivity contribution in [3.05, 3.63) is 41.2 Å². The number of aryl methyl sites for hydroxylation is 1. The lowest BCUT2D eigenvalue weighted by molar-refractivity contribution is 0.461. The molecule has 20 heavy (non-hydrogen) atoms. The molecule has 0 spiro atoms. The summed E-state index contributed by atoms with van der Waals surface area (Å²) < 4.78 is 1.88. The van der Waals surface area contributed by atoms with E-state index >= 15 is 0 Å². The molecule has 1 aromatic carbocycles. The molecule has 1 heterocycles. The van der Waals surface area contributed by atoms with Gasteiger partial charge in [-0.1, -0.05) is 38.1 Å². The Morgan fingerprint density at radius 1 is 1.20 bits per heavy atom. The number of nitrogens with one attached hydrogen (secondary N) is 1. The van der Waals surface area contributed by atoms with Gasteiger partial charge in [0, 0.05) is 0 Å². The summed E-state index contributed by atoms with van der Waals surface area (Å²) in [5, 5.41) is 15.6. The molecule has 0 fully saturated rings. The molecule has 2 aromatic rings. The molecule has 0 bridgehead atoms. The average molecular weight is 273 g/mol. The molecule has 2 rings (SSSR count). The van der Waals surface area contributed by atoms with Gasteiger partial charge in [-0.05, 0) is 47.9 Å². The van der Waals surface area contributed by atoms with Gasteiger partial charge in [0.25, 0.3) is 0 Å². The number of benzene rings is 1. The van der Waals surface area contributed by atoms with Crippen LogP contribution in [0.1, 0.15) is 43.8 Å². The highest BCUT2D eigenvalue weighted by Crippen LogP contribution is 2.13. The molecule has 0 aliphatic rings. The van der Waals surface area contributed by atoms with Gasteiger partial charge in [0.2, 0.25) is 0 Å². The first-order chi connectivity index (χ1) is 9.58. The van der Waals surface area contributed by atoms with E-state index in [1.165, 1.54) is 11.1 Å². The number of hydrogen-bond acceptors (Lipinski definition) is 4. The second-order valence-corrected chi connectivity index (χ2v) is 5.65. The predicted molar refractivity (Wildman–Crippen MR) is 79.4 cm³/mol. The van der Waals surface area contributed by atoms with Gasteiger partial charge in [-0.2, -0.15) is 0 Å². The lowest BCUT2D eigenvalue weighted by Crippen LogP contribution is -2.26. The predicted octanol–water partition coefficient (Wildman–Crippen LogP) is 2.34. The van der Waals surface area contributed by atoms with E-state index in [-0.39, 0.29) is 6.04 Å². The van der Waals surface area contributed by atoms with E-state index < -0.39 is 0 Å². The maximum absolute atomic E-state index is 4.16. The van der Waals surface area contributed by atoms with E-state index in [9.17, 15) is 0 Å². The summed E-state index contributed by atoms with van der Waals surface area (Å²) in [6.07, 6.45) is 0. The van der Waals surface area contributed by atoms with Gasteiger partial charge in [-0.25, -0.2) is 4.68 Å². The Labute approximate surface area is 120 Å². The molecule has 0 radical (unpaired) electrons. The summed E-state index contributed by atoms with van der Waals surface area (Å²) >= 11 is 0. The molecular formula is C15H23N5. The first kappa shape index (κ1) is 14.7. The molecule has 0 aliphatic carbocycles. The summed E-state index contributed by atoms with van der Waals surface area (Å²) in [5.41, 5.74) is 2.51. The van der Waals surface area contributed by atoms with Crippen molar-refractivity contribution < 1.29 is 0 Å². The Kier molecular flexibility index (Phi) is 4.84. The molecule has 0 saturated carbocycles. The van der Waals surface area contributed by atoms with Crippen LogP contribution in [0.25, 0.3) is 0 Å². The lowest BCUT2D eigenvalue weighted by atomic mass is 10.1. The number of tetrazole rings is 1. The number of rotatable bonds is 6. The SMILES string of the molecule is Cc1ccccc1Cn1nnnc1C(C)NCC(C)C. The van der Waals surface area contributed by atoms with Gasteiger partial charge in [0.15, 0.2) is 5.82 Å². The molecule has 0 saturated heterocycles. The highest BCUT2D eigenvalue weighted by molar-refractivity contribution is 5.25. The van der Waals surface area contributed by atoms with Crippen LogP contribution in [-0.2, 0) is 6.54 Å². The van der Waals surface area contributed by atoms with E-state index in [0.29, 0.717) is 12.5 Å². The molecule has 1 aromatic heterocycles. The van der Waals surface area contributed by atoms with Crippen molar-refractivity contribution in [2.45, 2.75) is 40.3 Å². The molecule has 5 nitrogen and oxygen atoms in total. The quantitative estimate of drug-likeness (QED) is 0.877. The van der Waals surface area contributed by atoms with Crippen LogP contribution in [0.5, 0.6) is 0 Å². The molecule has 108 valence electrons. The summed E-state index contributed by atoms with van der Waals surface area (Å²) in [7, 11) is 0. The van der Waals surface area contributed by atoms with Crippen LogP contribution < -0.4 is 5.32 Å². The standard InChI is InChI=1S/C15H23N5/c1-11(2)9-16-13(4)15-17-18-19-20(15)10-14-8-6-5-7-12(14)3/h5-8,11,13,16H,9-10H2,1-4H3. The smallest absolute Gasteiger partial charge is 0.168 e. The zero-order valence-electron chi connectivity index (χ0n) is 12.7. The monoisotopic (exact) mass is 273 g/mol. The van der Waals surface area contributed by atoms with Gasteiger partial charge in [-0.3, -0.25) is 0 Å². The van der Waals surface area contributed by atoms with E-state index in [4.69, 9.17) is 0 Å². The second kappa shape index (κ2) is 6.61. The highest BCUT2D eigenvalue weighted by atomic mass is 15.5. The summed E-state index contributed by atoms with van der Waals surface area (Å²) in [6.45, 7) is 10.3. The second-order valence-electron chi connectivity index (χ2n) is 5.65. The summed E-state index contributed by atoms with van der Waals surface area (Å²) in [4.78, 5) is 0. The minimum Gasteiger partial charge on any atom is -0.307 e. The Bertz CT molecular complexity index is 547. The Morgan fingerprint density at radius 3 is 2.65 bits per heavy atom. The molecule has 0 aliphatic heterocycles. The van der Waals surface area contributed by atoms with Crippen molar-refractivity contribution in [1.29, 1.82) is 0 Å². The van der Waals surface area contributed by atoms with Gasteiger partial charge in [0.1, 0.15) is 0 Å². The Hall–Kier alpha value is -1.75. The van der Waals surface area contributed by atoms with Crippen molar-refractivity contribution in [3.8, 4) is 0 Å². The van der Waals surface area contributed by atoms with Crippen molar-refractivity contribution in [1.82, 2.24) is 25.5 Å². The van der Waals surface area contributed by atoms with Crippen LogP contribution in [0.15, 0.2) is 24.3 Å². The van der Waals surface area contributed by atoms with Crippen LogP contribution in [-0.4, -0.2) is 26.8 Å². The molecule has 5 heteroatoms. The van der Waals surface area contributed by atoms with Crippen LogP contribution in [0, 0.1) is 12.8 Å². The van der Waals surface area contributed by atoms with Crippen LogP contribution in [0.3, 0.4) is 0 Å². The van der Waals surface area contributed by atoms with Crippen molar-refractivity contribution >= 4 is 0 Å². The number of nitrogens with zero attached hydrogens (tertiary/aromatic N) is 4. The van der Waals surface area contributed by atoms with Gasteiger partial charge in [-0.15, -0.1) is 5.10 Å². The maximum atomic E-state index is 4.16. The van der Waals surface area contributed by atoms with E-state index in [2.05, 4.69) is 60.7 Å². The number of aromatic nitrogens is 4. The van der Waals surface area contributed by atoms with Crippen LogP contribution in [0.4, 0.5) is 0 Å². The summed E-state index contributed by atoms with van der Waals surface area (Å²) in [6, 6.07) is 8.47. The summed E-state index contributed by atoms with van der Waals surface area (Å²) in [5.74, 6) is 1.49. The first-order valence-corrected chi connectivity index (χ1v) is 7.12. The first-order valence-electron chi connectivity index (χ1n) is 7.12. The fourth-order valence-electron chi connectivity index (χ4n) is 2.09. The van der Waals surface area contributed by atoms with Crippen LogP contribution in [0.2, 0.25) is 0 Å². The zero-order valence-corrected chi connectivity index (χ0v) is 12.7. The Balaban J connectivity index is 2.10. The third kappa shape index (κ3) is 3.63. The lowest BCUT2D eigenvalue weighted by Gasteiger charge is -2.15. The van der Waals surface area contributed by atoms with Crippen LogP contribution >= 0.6 is 0 Å².